The molecule has 2 N–H and O–H groups in total. The minimum atomic E-state index is -0.266. The van der Waals surface area contributed by atoms with Crippen molar-refractivity contribution in [3.63, 3.8) is 0 Å². The number of carbonyl (C=O) groups excluding carboxylic acids is 1. The Hall–Kier alpha value is -2.37. The number of rotatable bonds is 4. The lowest BCUT2D eigenvalue weighted by atomic mass is 10.1. The first kappa shape index (κ1) is 15.5. The van der Waals surface area contributed by atoms with Gasteiger partial charge < -0.3 is 15.0 Å². The van der Waals surface area contributed by atoms with Crippen LogP contribution >= 0.6 is 0 Å². The first-order valence-corrected chi connectivity index (χ1v) is 8.14. The molecule has 0 atom stereocenters. The summed E-state index contributed by atoms with van der Waals surface area (Å²) < 4.78 is 2.18. The highest BCUT2D eigenvalue weighted by Gasteiger charge is 2.15. The zero-order valence-corrected chi connectivity index (χ0v) is 13.4. The van der Waals surface area contributed by atoms with Crippen molar-refractivity contribution < 1.29 is 9.90 Å². The number of carbonyl (C=O) groups is 1. The van der Waals surface area contributed by atoms with Crippen LogP contribution in [0.4, 0.5) is 0 Å². The summed E-state index contributed by atoms with van der Waals surface area (Å²) >= 11 is 0. The van der Waals surface area contributed by atoms with Crippen molar-refractivity contribution in [2.75, 3.05) is 6.54 Å². The fourth-order valence-electron chi connectivity index (χ4n) is 2.95. The maximum absolute atomic E-state index is 12.1. The van der Waals surface area contributed by atoms with E-state index in [1.54, 1.807) is 12.1 Å². The summed E-state index contributed by atoms with van der Waals surface area (Å²) in [7, 11) is 0. The largest absolute Gasteiger partial charge is 0.507 e. The third kappa shape index (κ3) is 3.52. The second kappa shape index (κ2) is 6.81. The van der Waals surface area contributed by atoms with Gasteiger partial charge in [-0.3, -0.25) is 4.79 Å². The molecule has 0 aliphatic carbocycles. The van der Waals surface area contributed by atoms with Crippen LogP contribution in [0, 0.1) is 6.92 Å². The molecule has 0 fully saturated rings. The normalized spacial score (nSPS) is 14.1. The van der Waals surface area contributed by atoms with Gasteiger partial charge in [-0.15, -0.1) is 10.2 Å². The van der Waals surface area contributed by atoms with Crippen LogP contribution in [0.1, 0.15) is 46.8 Å². The third-order valence-electron chi connectivity index (χ3n) is 4.22. The van der Waals surface area contributed by atoms with Gasteiger partial charge in [-0.25, -0.2) is 0 Å². The highest BCUT2D eigenvalue weighted by molar-refractivity contribution is 5.96. The number of fused-ring (bicyclic) bond motifs is 1. The van der Waals surface area contributed by atoms with E-state index in [0.717, 1.165) is 36.6 Å². The standard InChI is InChI=1S/C17H22N4O2/c1-12-6-7-13(14(22)11-12)17(23)18-9-8-16-20-19-15-5-3-2-4-10-21(15)16/h6-7,11,22H,2-5,8-10H2,1H3,(H,18,23). The zero-order valence-electron chi connectivity index (χ0n) is 13.4. The summed E-state index contributed by atoms with van der Waals surface area (Å²) in [5.41, 5.74) is 1.22. The maximum Gasteiger partial charge on any atom is 0.255 e. The Bertz CT molecular complexity index is 709. The molecule has 0 saturated heterocycles. The second-order valence-electron chi connectivity index (χ2n) is 6.02. The maximum atomic E-state index is 12.1. The molecule has 23 heavy (non-hydrogen) atoms. The van der Waals surface area contributed by atoms with Gasteiger partial charge in [0.1, 0.15) is 17.4 Å². The van der Waals surface area contributed by atoms with Gasteiger partial charge in [-0.1, -0.05) is 12.5 Å². The van der Waals surface area contributed by atoms with E-state index in [9.17, 15) is 9.90 Å². The topological polar surface area (TPSA) is 80.0 Å². The van der Waals surface area contributed by atoms with Crippen molar-refractivity contribution in [2.45, 2.75) is 45.6 Å². The number of nitrogens with zero attached hydrogens (tertiary/aromatic N) is 3. The molecule has 1 aliphatic heterocycles. The number of hydrogen-bond donors (Lipinski definition) is 2. The highest BCUT2D eigenvalue weighted by atomic mass is 16.3. The fourth-order valence-corrected chi connectivity index (χ4v) is 2.95. The lowest BCUT2D eigenvalue weighted by molar-refractivity contribution is 0.0951. The predicted molar refractivity (Wildman–Crippen MR) is 86.5 cm³/mol. The van der Waals surface area contributed by atoms with Crippen molar-refractivity contribution >= 4 is 5.91 Å². The average Bonchev–Trinajstić information content (AvgIpc) is 2.75. The molecule has 1 aromatic heterocycles. The summed E-state index contributed by atoms with van der Waals surface area (Å²) in [6.45, 7) is 3.31. The minimum Gasteiger partial charge on any atom is -0.507 e. The van der Waals surface area contributed by atoms with E-state index in [2.05, 4.69) is 20.1 Å². The molecule has 6 heteroatoms. The molecule has 0 radical (unpaired) electrons. The second-order valence-corrected chi connectivity index (χ2v) is 6.02. The molecule has 0 spiro atoms. The molecule has 1 aromatic carbocycles. The third-order valence-corrected chi connectivity index (χ3v) is 4.22. The molecular formula is C17H22N4O2. The van der Waals surface area contributed by atoms with Gasteiger partial charge in [0.15, 0.2) is 0 Å². The molecule has 1 amide bonds. The highest BCUT2D eigenvalue weighted by Crippen LogP contribution is 2.18. The summed E-state index contributed by atoms with van der Waals surface area (Å²) in [6.07, 6.45) is 5.18. The van der Waals surface area contributed by atoms with Crippen LogP contribution in [0.3, 0.4) is 0 Å². The Kier molecular flexibility index (Phi) is 4.60. The quantitative estimate of drug-likeness (QED) is 0.904. The van der Waals surface area contributed by atoms with Crippen LogP contribution in [0.5, 0.6) is 5.75 Å². The number of amides is 1. The van der Waals surface area contributed by atoms with E-state index in [0.29, 0.717) is 18.5 Å². The van der Waals surface area contributed by atoms with Crippen LogP contribution in [0.15, 0.2) is 18.2 Å². The van der Waals surface area contributed by atoms with Crippen LogP contribution in [0.2, 0.25) is 0 Å². The number of aromatic hydroxyl groups is 1. The Morgan fingerprint density at radius 2 is 2.17 bits per heavy atom. The molecule has 6 nitrogen and oxygen atoms in total. The van der Waals surface area contributed by atoms with Gasteiger partial charge in [0.2, 0.25) is 0 Å². The van der Waals surface area contributed by atoms with Crippen molar-refractivity contribution in [2.24, 2.45) is 0 Å². The van der Waals surface area contributed by atoms with Gasteiger partial charge in [0.25, 0.3) is 5.91 Å². The van der Waals surface area contributed by atoms with E-state index in [-0.39, 0.29) is 11.7 Å². The van der Waals surface area contributed by atoms with Gasteiger partial charge in [0, 0.05) is 25.9 Å². The molecule has 3 rings (SSSR count). The van der Waals surface area contributed by atoms with E-state index < -0.39 is 0 Å². The SMILES string of the molecule is Cc1ccc(C(=O)NCCc2nnc3n2CCCCC3)c(O)c1. The number of phenolic OH excluding ortho intramolecular Hbond substituents is 1. The van der Waals surface area contributed by atoms with E-state index >= 15 is 0 Å². The summed E-state index contributed by atoms with van der Waals surface area (Å²) in [5.74, 6) is 1.73. The lowest BCUT2D eigenvalue weighted by Crippen LogP contribution is -2.26. The molecule has 2 aromatic rings. The smallest absolute Gasteiger partial charge is 0.255 e. The number of aryl methyl sites for hydroxylation is 2. The summed E-state index contributed by atoms with van der Waals surface area (Å²) in [6, 6.07) is 5.05. The molecule has 122 valence electrons. The van der Waals surface area contributed by atoms with Crippen molar-refractivity contribution in [1.82, 2.24) is 20.1 Å². The van der Waals surface area contributed by atoms with Crippen LogP contribution in [0.25, 0.3) is 0 Å². The van der Waals surface area contributed by atoms with E-state index in [4.69, 9.17) is 0 Å². The number of benzene rings is 1. The van der Waals surface area contributed by atoms with Crippen LogP contribution in [-0.4, -0.2) is 32.3 Å². The first-order valence-electron chi connectivity index (χ1n) is 8.14. The summed E-state index contributed by atoms with van der Waals surface area (Å²) in [4.78, 5) is 12.1. The van der Waals surface area contributed by atoms with Crippen molar-refractivity contribution in [3.8, 4) is 5.75 Å². The molecule has 0 saturated carbocycles. The van der Waals surface area contributed by atoms with Gasteiger partial charge >= 0.3 is 0 Å². The monoisotopic (exact) mass is 314 g/mol. The van der Waals surface area contributed by atoms with Crippen molar-refractivity contribution in [1.29, 1.82) is 0 Å². The molecule has 2 heterocycles. The molecular weight excluding hydrogens is 292 g/mol. The van der Waals surface area contributed by atoms with Gasteiger partial charge in [-0.05, 0) is 37.5 Å². The molecule has 1 aliphatic rings. The van der Waals surface area contributed by atoms with Gasteiger partial charge in [0.05, 0.1) is 5.56 Å². The Morgan fingerprint density at radius 3 is 3.00 bits per heavy atom. The van der Waals surface area contributed by atoms with E-state index in [1.165, 1.54) is 12.8 Å². The Morgan fingerprint density at radius 1 is 1.30 bits per heavy atom. The Balaban J connectivity index is 1.59. The number of nitrogens with one attached hydrogen (secondary N) is 1. The minimum absolute atomic E-state index is 0.0128. The first-order chi connectivity index (χ1) is 11.1. The van der Waals surface area contributed by atoms with Crippen LogP contribution < -0.4 is 5.32 Å². The van der Waals surface area contributed by atoms with Crippen molar-refractivity contribution in [3.05, 3.63) is 41.0 Å². The molecule has 0 unspecified atom stereocenters. The predicted octanol–water partition coefficient (Wildman–Crippen LogP) is 1.99. The number of aromatic nitrogens is 3. The lowest BCUT2D eigenvalue weighted by Gasteiger charge is -2.09. The molecule has 0 bridgehead atoms. The van der Waals surface area contributed by atoms with Gasteiger partial charge in [-0.2, -0.15) is 0 Å². The summed E-state index contributed by atoms with van der Waals surface area (Å²) in [5, 5.41) is 21.2. The Labute approximate surface area is 135 Å². The number of phenols is 1. The van der Waals surface area contributed by atoms with E-state index in [1.807, 2.05) is 13.0 Å². The van der Waals surface area contributed by atoms with Crippen LogP contribution in [-0.2, 0) is 19.4 Å². The fraction of sp³-hybridized carbons (Fsp3) is 0.471. The average molecular weight is 314 g/mol. The number of hydrogen-bond acceptors (Lipinski definition) is 4. The zero-order chi connectivity index (χ0) is 16.2.